The topological polar surface area (TPSA) is 45.8 Å². The van der Waals surface area contributed by atoms with Crippen LogP contribution in [0.4, 0.5) is 8.78 Å². The van der Waals surface area contributed by atoms with Crippen LogP contribution < -0.4 is 5.56 Å². The molecule has 3 rings (SSSR count). The van der Waals surface area contributed by atoms with E-state index >= 15 is 0 Å². The Balaban J connectivity index is 2.31. The Labute approximate surface area is 124 Å². The molecule has 0 amide bonds. The summed E-state index contributed by atoms with van der Waals surface area (Å²) in [6.45, 7) is 1.76. The molecule has 0 aliphatic carbocycles. The molecule has 1 saturated heterocycles. The first-order chi connectivity index (χ1) is 10.1. The maximum absolute atomic E-state index is 14.1. The first-order valence-corrected chi connectivity index (χ1v) is 7.86. The van der Waals surface area contributed by atoms with Gasteiger partial charge in [-0.25, -0.2) is 13.9 Å². The van der Waals surface area contributed by atoms with E-state index in [4.69, 9.17) is 0 Å². The van der Waals surface area contributed by atoms with Crippen LogP contribution >= 0.6 is 11.8 Å². The van der Waals surface area contributed by atoms with E-state index in [1.807, 2.05) is 0 Å². The molecule has 1 fully saturated rings. The number of halogens is 2. The summed E-state index contributed by atoms with van der Waals surface area (Å²) < 4.78 is 28.2. The van der Waals surface area contributed by atoms with Gasteiger partial charge in [-0.2, -0.15) is 16.9 Å². The molecule has 21 heavy (non-hydrogen) atoms. The smallest absolute Gasteiger partial charge is 0.267 e. The predicted molar refractivity (Wildman–Crippen MR) is 79.6 cm³/mol. The number of nitrogens with one attached hydrogen (secondary N) is 1. The van der Waals surface area contributed by atoms with Crippen LogP contribution in [-0.2, 0) is 0 Å². The van der Waals surface area contributed by atoms with Crippen LogP contribution in [0.15, 0.2) is 23.0 Å². The molecule has 0 spiro atoms. The quantitative estimate of drug-likeness (QED) is 0.926. The molecule has 2 aromatic rings. The number of benzene rings is 1. The lowest BCUT2D eigenvalue weighted by Gasteiger charge is -2.17. The molecule has 1 aliphatic heterocycles. The summed E-state index contributed by atoms with van der Waals surface area (Å²) in [5.74, 6) is 0.486. The molecule has 1 aromatic heterocycles. The number of aromatic nitrogens is 2. The molecule has 3 nitrogen and oxygen atoms in total. The Morgan fingerprint density at radius 3 is 2.62 bits per heavy atom. The fourth-order valence-electron chi connectivity index (χ4n) is 2.80. The third-order valence-electron chi connectivity index (χ3n) is 3.76. The molecule has 1 aliphatic rings. The minimum atomic E-state index is -0.724. The summed E-state index contributed by atoms with van der Waals surface area (Å²) >= 11 is 1.78. The third-order valence-corrected chi connectivity index (χ3v) is 4.92. The van der Waals surface area contributed by atoms with Gasteiger partial charge >= 0.3 is 0 Å². The van der Waals surface area contributed by atoms with E-state index in [0.29, 0.717) is 11.3 Å². The highest BCUT2D eigenvalue weighted by atomic mass is 32.2. The Bertz CT molecular complexity index is 719. The largest absolute Gasteiger partial charge is 0.272 e. The molecule has 0 bridgehead atoms. The molecule has 110 valence electrons. The van der Waals surface area contributed by atoms with Gasteiger partial charge in [-0.1, -0.05) is 6.07 Å². The molecular weight excluding hydrogens is 294 g/mol. The Hall–Kier alpha value is -1.69. The zero-order chi connectivity index (χ0) is 15.0. The summed E-state index contributed by atoms with van der Waals surface area (Å²) in [6.07, 6.45) is 0.889. The van der Waals surface area contributed by atoms with Crippen molar-refractivity contribution in [2.24, 2.45) is 0 Å². The Morgan fingerprint density at radius 1 is 1.29 bits per heavy atom. The predicted octanol–water partition coefficient (Wildman–Crippen LogP) is 3.24. The summed E-state index contributed by atoms with van der Waals surface area (Å²) in [6, 6.07) is 3.63. The van der Waals surface area contributed by atoms with Crippen LogP contribution in [0, 0.1) is 18.6 Å². The minimum absolute atomic E-state index is 0.0885. The Morgan fingerprint density at radius 2 is 2.00 bits per heavy atom. The standard InChI is InChI=1S/C15H14F2N2OS/c1-8-12(9-5-6-21-7-9)14(15(20)19-18-8)13-10(16)3-2-4-11(13)17/h2-4,9H,5-7H2,1H3,(H,19,20). The molecule has 1 atom stereocenters. The van der Waals surface area contributed by atoms with Crippen molar-refractivity contribution in [3.63, 3.8) is 0 Å². The minimum Gasteiger partial charge on any atom is -0.267 e. The number of thioether (sulfide) groups is 1. The Kier molecular flexibility index (Phi) is 3.80. The van der Waals surface area contributed by atoms with E-state index in [1.54, 1.807) is 18.7 Å². The fraction of sp³-hybridized carbons (Fsp3) is 0.333. The van der Waals surface area contributed by atoms with E-state index in [1.165, 1.54) is 18.2 Å². The zero-order valence-electron chi connectivity index (χ0n) is 11.5. The first-order valence-electron chi connectivity index (χ1n) is 6.71. The van der Waals surface area contributed by atoms with Crippen molar-refractivity contribution in [1.29, 1.82) is 0 Å². The number of hydrogen-bond donors (Lipinski definition) is 1. The van der Waals surface area contributed by atoms with E-state index < -0.39 is 17.2 Å². The van der Waals surface area contributed by atoms with Gasteiger partial charge in [0.25, 0.3) is 5.56 Å². The lowest BCUT2D eigenvalue weighted by molar-refractivity contribution is 0.588. The van der Waals surface area contributed by atoms with Crippen LogP contribution in [0.2, 0.25) is 0 Å². The summed E-state index contributed by atoms with van der Waals surface area (Å²) in [5, 5.41) is 6.32. The lowest BCUT2D eigenvalue weighted by Crippen LogP contribution is -2.19. The molecule has 1 N–H and O–H groups in total. The number of H-pyrrole nitrogens is 1. The van der Waals surface area contributed by atoms with Crippen molar-refractivity contribution in [2.45, 2.75) is 19.3 Å². The van der Waals surface area contributed by atoms with E-state index in [-0.39, 0.29) is 17.0 Å². The van der Waals surface area contributed by atoms with Crippen molar-refractivity contribution in [1.82, 2.24) is 10.2 Å². The number of hydrogen-bond acceptors (Lipinski definition) is 3. The summed E-state index contributed by atoms with van der Waals surface area (Å²) in [7, 11) is 0. The van der Waals surface area contributed by atoms with E-state index in [0.717, 1.165) is 17.9 Å². The second kappa shape index (κ2) is 5.60. The third kappa shape index (κ3) is 2.48. The van der Waals surface area contributed by atoms with Gasteiger partial charge in [0, 0.05) is 5.75 Å². The number of rotatable bonds is 2. The monoisotopic (exact) mass is 308 g/mol. The molecule has 0 radical (unpaired) electrons. The van der Waals surface area contributed by atoms with Crippen LogP contribution in [0.25, 0.3) is 11.1 Å². The second-order valence-electron chi connectivity index (χ2n) is 5.08. The molecule has 0 saturated carbocycles. The number of nitrogens with zero attached hydrogens (tertiary/aromatic N) is 1. The van der Waals surface area contributed by atoms with Gasteiger partial charge in [0.15, 0.2) is 0 Å². The van der Waals surface area contributed by atoms with Gasteiger partial charge in [0.2, 0.25) is 0 Å². The van der Waals surface area contributed by atoms with Gasteiger partial charge in [-0.3, -0.25) is 4.79 Å². The highest BCUT2D eigenvalue weighted by Crippen LogP contribution is 2.38. The van der Waals surface area contributed by atoms with Crippen LogP contribution in [-0.4, -0.2) is 21.7 Å². The van der Waals surface area contributed by atoms with Gasteiger partial charge in [-0.15, -0.1) is 0 Å². The van der Waals surface area contributed by atoms with Crippen LogP contribution in [0.3, 0.4) is 0 Å². The zero-order valence-corrected chi connectivity index (χ0v) is 12.3. The average Bonchev–Trinajstić information content (AvgIpc) is 2.96. The van der Waals surface area contributed by atoms with Crippen LogP contribution in [0.1, 0.15) is 23.6 Å². The number of aromatic amines is 1. The average molecular weight is 308 g/mol. The fourth-order valence-corrected chi connectivity index (χ4v) is 4.04. The van der Waals surface area contributed by atoms with E-state index in [2.05, 4.69) is 10.2 Å². The van der Waals surface area contributed by atoms with Crippen LogP contribution in [0.5, 0.6) is 0 Å². The van der Waals surface area contributed by atoms with Gasteiger partial charge < -0.3 is 0 Å². The second-order valence-corrected chi connectivity index (χ2v) is 6.23. The van der Waals surface area contributed by atoms with Gasteiger partial charge in [0.05, 0.1) is 16.8 Å². The van der Waals surface area contributed by atoms with Crippen molar-refractivity contribution in [3.8, 4) is 11.1 Å². The maximum Gasteiger partial charge on any atom is 0.272 e. The molecule has 2 heterocycles. The van der Waals surface area contributed by atoms with Crippen molar-refractivity contribution < 1.29 is 8.78 Å². The SMILES string of the molecule is Cc1n[nH]c(=O)c(-c2c(F)cccc2F)c1C1CCSC1. The highest BCUT2D eigenvalue weighted by Gasteiger charge is 2.28. The van der Waals surface area contributed by atoms with Crippen molar-refractivity contribution in [2.75, 3.05) is 11.5 Å². The number of aryl methyl sites for hydroxylation is 1. The van der Waals surface area contributed by atoms with Gasteiger partial charge in [0.1, 0.15) is 11.6 Å². The van der Waals surface area contributed by atoms with Crippen molar-refractivity contribution >= 4 is 11.8 Å². The summed E-state index contributed by atoms with van der Waals surface area (Å²) in [5.41, 5.74) is 0.589. The maximum atomic E-state index is 14.1. The highest BCUT2D eigenvalue weighted by molar-refractivity contribution is 7.99. The normalized spacial score (nSPS) is 18.1. The van der Waals surface area contributed by atoms with Crippen molar-refractivity contribution in [3.05, 3.63) is 51.4 Å². The molecular formula is C15H14F2N2OS. The first kappa shape index (κ1) is 14.3. The molecule has 6 heteroatoms. The lowest BCUT2D eigenvalue weighted by atomic mass is 9.89. The molecule has 1 aromatic carbocycles. The van der Waals surface area contributed by atoms with E-state index in [9.17, 15) is 13.6 Å². The summed E-state index contributed by atoms with van der Waals surface area (Å²) in [4.78, 5) is 12.2. The molecule has 1 unspecified atom stereocenters. The van der Waals surface area contributed by atoms with Gasteiger partial charge in [-0.05, 0) is 42.7 Å².